The Labute approximate surface area is 170 Å². The summed E-state index contributed by atoms with van der Waals surface area (Å²) >= 11 is 5.95. The molecule has 148 valence electrons. The highest BCUT2D eigenvalue weighted by Gasteiger charge is 2.33. The van der Waals surface area contributed by atoms with E-state index in [9.17, 15) is 13.5 Å². The van der Waals surface area contributed by atoms with Gasteiger partial charge in [0.1, 0.15) is 30.6 Å². The molecule has 1 N–H and O–H groups in total. The zero-order valence-corrected chi connectivity index (χ0v) is 17.1. The maximum atomic E-state index is 12.1. The molecular formula is C20H23ClN3O3S+. The molecule has 0 radical (unpaired) electrons. The molecular weight excluding hydrogens is 398 g/mol. The van der Waals surface area contributed by atoms with Gasteiger partial charge in [-0.1, -0.05) is 23.7 Å². The van der Waals surface area contributed by atoms with Crippen molar-refractivity contribution >= 4 is 21.6 Å². The number of rotatable bonds is 4. The summed E-state index contributed by atoms with van der Waals surface area (Å²) in [7, 11) is -3.25. The smallest absolute Gasteiger partial charge is 0.244 e. The summed E-state index contributed by atoms with van der Waals surface area (Å²) in [6.07, 6.45) is 9.05. The lowest BCUT2D eigenvalue weighted by molar-refractivity contribution is -0.693. The number of halogens is 1. The zero-order valence-electron chi connectivity index (χ0n) is 15.6. The van der Waals surface area contributed by atoms with Crippen molar-refractivity contribution < 1.29 is 18.1 Å². The Bertz CT molecular complexity index is 1040. The Hall–Kier alpha value is -2.09. The highest BCUT2D eigenvalue weighted by Crippen LogP contribution is 2.28. The molecule has 0 amide bonds. The molecule has 4 rings (SSSR count). The summed E-state index contributed by atoms with van der Waals surface area (Å²) in [6.45, 7) is 3.19. The van der Waals surface area contributed by atoms with Crippen LogP contribution in [-0.2, 0) is 16.6 Å². The van der Waals surface area contributed by atoms with Crippen molar-refractivity contribution in [3.63, 3.8) is 0 Å². The summed E-state index contributed by atoms with van der Waals surface area (Å²) in [5.41, 5.74) is 2.75. The van der Waals surface area contributed by atoms with Crippen LogP contribution in [0.2, 0.25) is 5.02 Å². The Morgan fingerprint density at radius 1 is 1.29 bits per heavy atom. The van der Waals surface area contributed by atoms with Crippen LogP contribution in [0, 0.1) is 6.92 Å². The Morgan fingerprint density at radius 2 is 2.04 bits per heavy atom. The van der Waals surface area contributed by atoms with Gasteiger partial charge in [-0.15, -0.1) is 0 Å². The summed E-state index contributed by atoms with van der Waals surface area (Å²) in [4.78, 5) is 0. The minimum absolute atomic E-state index is 0.166. The van der Waals surface area contributed by atoms with Crippen molar-refractivity contribution in [1.29, 1.82) is 0 Å². The van der Waals surface area contributed by atoms with E-state index in [-0.39, 0.29) is 11.8 Å². The topological polar surface area (TPSA) is 66.4 Å². The van der Waals surface area contributed by atoms with Crippen molar-refractivity contribution in [2.45, 2.75) is 32.0 Å². The molecule has 0 spiro atoms. The van der Waals surface area contributed by atoms with Crippen molar-refractivity contribution in [3.05, 3.63) is 77.0 Å². The molecule has 2 heterocycles. The largest absolute Gasteiger partial charge is 0.384 e. The fourth-order valence-electron chi connectivity index (χ4n) is 3.70. The van der Waals surface area contributed by atoms with Crippen molar-refractivity contribution in [2.75, 3.05) is 12.3 Å². The van der Waals surface area contributed by atoms with Crippen LogP contribution in [0.1, 0.15) is 23.7 Å². The number of imidazole rings is 1. The van der Waals surface area contributed by atoms with Gasteiger partial charge < -0.3 is 5.11 Å². The predicted octanol–water partition coefficient (Wildman–Crippen LogP) is 2.18. The zero-order chi connectivity index (χ0) is 19.9. The van der Waals surface area contributed by atoms with Gasteiger partial charge in [0, 0.05) is 18.5 Å². The highest BCUT2D eigenvalue weighted by atomic mass is 35.5. The fraction of sp³-hybridized carbons (Fsp3) is 0.350. The van der Waals surface area contributed by atoms with Crippen LogP contribution in [0.25, 0.3) is 0 Å². The third-order valence-corrected chi connectivity index (χ3v) is 7.34. The number of aliphatic hydroxyl groups is 1. The Morgan fingerprint density at radius 3 is 2.68 bits per heavy atom. The molecule has 1 saturated heterocycles. The molecule has 6 nitrogen and oxygen atoms in total. The van der Waals surface area contributed by atoms with Crippen LogP contribution in [0.3, 0.4) is 0 Å². The molecule has 0 bridgehead atoms. The molecule has 1 fully saturated rings. The van der Waals surface area contributed by atoms with E-state index in [0.717, 1.165) is 11.3 Å². The van der Waals surface area contributed by atoms with Crippen LogP contribution < -0.4 is 4.57 Å². The van der Waals surface area contributed by atoms with Crippen LogP contribution >= 0.6 is 11.6 Å². The van der Waals surface area contributed by atoms with Crippen molar-refractivity contribution in [1.82, 2.24) is 8.87 Å². The van der Waals surface area contributed by atoms with Gasteiger partial charge >= 0.3 is 0 Å². The van der Waals surface area contributed by atoms with Gasteiger partial charge in [0.25, 0.3) is 0 Å². The van der Waals surface area contributed by atoms with Crippen molar-refractivity contribution in [2.24, 2.45) is 0 Å². The number of aryl methyl sites for hydroxylation is 1. The first-order chi connectivity index (χ1) is 13.3. The number of benzene rings is 1. The molecule has 2 atom stereocenters. The first kappa shape index (κ1) is 19.2. The minimum atomic E-state index is -3.25. The number of allylic oxidation sites excluding steroid dienone is 1. The summed E-state index contributed by atoms with van der Waals surface area (Å²) < 4.78 is 29.7. The number of hydrogen-bond acceptors (Lipinski definition) is 3. The highest BCUT2D eigenvalue weighted by molar-refractivity contribution is 7.89. The third kappa shape index (κ3) is 3.74. The van der Waals surface area contributed by atoms with Gasteiger partial charge in [0.15, 0.2) is 0 Å². The Kier molecular flexibility index (Phi) is 5.07. The average molecular weight is 421 g/mol. The predicted molar refractivity (Wildman–Crippen MR) is 107 cm³/mol. The summed E-state index contributed by atoms with van der Waals surface area (Å²) in [5, 5.41) is 11.4. The minimum Gasteiger partial charge on any atom is -0.384 e. The van der Waals surface area contributed by atoms with Gasteiger partial charge in [-0.3, -0.25) is 4.31 Å². The first-order valence-electron chi connectivity index (χ1n) is 9.24. The van der Waals surface area contributed by atoms with E-state index in [1.807, 2.05) is 54.4 Å². The molecule has 8 heteroatoms. The Balaban J connectivity index is 1.53. The summed E-state index contributed by atoms with van der Waals surface area (Å²) in [6, 6.07) is 7.45. The molecule has 2 unspecified atom stereocenters. The van der Waals surface area contributed by atoms with Gasteiger partial charge in [-0.25, -0.2) is 17.6 Å². The van der Waals surface area contributed by atoms with Crippen LogP contribution in [0.15, 0.2) is 60.7 Å². The van der Waals surface area contributed by atoms with E-state index in [0.29, 0.717) is 30.2 Å². The monoisotopic (exact) mass is 420 g/mol. The summed E-state index contributed by atoms with van der Waals surface area (Å²) in [5.74, 6) is 0.166. The normalized spacial score (nSPS) is 23.8. The van der Waals surface area contributed by atoms with Gasteiger partial charge in [-0.05, 0) is 42.3 Å². The molecule has 2 aromatic rings. The second-order valence-electron chi connectivity index (χ2n) is 7.26. The van der Waals surface area contributed by atoms with E-state index >= 15 is 0 Å². The van der Waals surface area contributed by atoms with Crippen LogP contribution in [-0.4, -0.2) is 40.8 Å². The lowest BCUT2D eigenvalue weighted by Crippen LogP contribution is -2.35. The number of sulfonamides is 1. The number of nitrogens with zero attached hydrogens (tertiary/aromatic N) is 3. The van der Waals surface area contributed by atoms with E-state index < -0.39 is 16.1 Å². The van der Waals surface area contributed by atoms with E-state index in [1.54, 1.807) is 12.2 Å². The quantitative estimate of drug-likeness (QED) is 0.771. The maximum Gasteiger partial charge on any atom is 0.244 e. The SMILES string of the molecule is Cc1cn(C2C=CC(N3CCCS3(=O)=O)=CC2O)c[n+]1Cc1ccc(Cl)cc1. The fourth-order valence-corrected chi connectivity index (χ4v) is 5.39. The van der Waals surface area contributed by atoms with E-state index in [4.69, 9.17) is 11.6 Å². The number of hydrogen-bond donors (Lipinski definition) is 1. The molecule has 1 aliphatic carbocycles. The molecule has 0 saturated carbocycles. The number of aliphatic hydroxyl groups excluding tert-OH is 1. The third-order valence-electron chi connectivity index (χ3n) is 5.21. The van der Waals surface area contributed by atoms with E-state index in [2.05, 4.69) is 4.57 Å². The van der Waals surface area contributed by atoms with Crippen LogP contribution in [0.5, 0.6) is 0 Å². The van der Waals surface area contributed by atoms with Gasteiger partial charge in [0.2, 0.25) is 16.4 Å². The second kappa shape index (κ2) is 7.39. The van der Waals surface area contributed by atoms with Crippen molar-refractivity contribution in [3.8, 4) is 0 Å². The first-order valence-corrected chi connectivity index (χ1v) is 11.2. The number of aromatic nitrogens is 2. The van der Waals surface area contributed by atoms with Gasteiger partial charge in [0.05, 0.1) is 11.4 Å². The van der Waals surface area contributed by atoms with Gasteiger partial charge in [-0.2, -0.15) is 0 Å². The molecule has 1 aromatic heterocycles. The standard InChI is InChI=1S/C20H23ClN3O3S/c1-15-12-23(14-22(15)13-16-3-5-17(21)6-4-16)19-8-7-18(11-20(19)25)24-9-2-10-28(24,26)27/h3-8,11-12,14,19-20,25H,2,9-10,13H2,1H3/q+1. The van der Waals surface area contributed by atoms with E-state index in [1.165, 1.54) is 4.31 Å². The molecule has 1 aromatic carbocycles. The molecule has 2 aliphatic rings. The lowest BCUT2D eigenvalue weighted by atomic mass is 10.0. The van der Waals surface area contributed by atoms with Crippen LogP contribution in [0.4, 0.5) is 0 Å². The lowest BCUT2D eigenvalue weighted by Gasteiger charge is -2.24. The molecule has 1 aliphatic heterocycles. The molecule has 28 heavy (non-hydrogen) atoms. The average Bonchev–Trinajstić information content (AvgIpc) is 3.18. The second-order valence-corrected chi connectivity index (χ2v) is 9.71. The maximum absolute atomic E-state index is 12.1.